The van der Waals surface area contributed by atoms with E-state index in [2.05, 4.69) is 0 Å². The number of sulfonamides is 1. The van der Waals surface area contributed by atoms with E-state index in [-0.39, 0.29) is 29.5 Å². The van der Waals surface area contributed by atoms with Gasteiger partial charge in [-0.3, -0.25) is 4.79 Å². The second-order valence-corrected chi connectivity index (χ2v) is 8.44. The molecule has 0 aromatic heterocycles. The van der Waals surface area contributed by atoms with Gasteiger partial charge in [0.25, 0.3) is 0 Å². The van der Waals surface area contributed by atoms with Crippen molar-refractivity contribution in [3.05, 3.63) is 54.1 Å². The van der Waals surface area contributed by atoms with Gasteiger partial charge in [-0.05, 0) is 42.5 Å². The van der Waals surface area contributed by atoms with Crippen molar-refractivity contribution < 1.29 is 27.5 Å². The molecule has 1 saturated heterocycles. The number of hydrogen-bond donors (Lipinski definition) is 0. The molecule has 29 heavy (non-hydrogen) atoms. The fraction of sp³-hybridized carbons (Fsp3) is 0.300. The largest absolute Gasteiger partial charge is 0.497 e. The third kappa shape index (κ3) is 4.75. The fourth-order valence-corrected chi connectivity index (χ4v) is 4.45. The van der Waals surface area contributed by atoms with Gasteiger partial charge in [-0.25, -0.2) is 13.2 Å². The van der Waals surface area contributed by atoms with Crippen LogP contribution in [0.1, 0.15) is 17.3 Å². The Balaban J connectivity index is 1.74. The van der Waals surface area contributed by atoms with Crippen molar-refractivity contribution in [2.24, 2.45) is 0 Å². The lowest BCUT2D eigenvalue weighted by atomic mass is 10.2. The third-order valence-corrected chi connectivity index (χ3v) is 6.56. The zero-order valence-corrected chi connectivity index (χ0v) is 17.0. The van der Waals surface area contributed by atoms with Gasteiger partial charge in [0.15, 0.2) is 0 Å². The van der Waals surface area contributed by atoms with Gasteiger partial charge in [0.1, 0.15) is 11.5 Å². The number of benzene rings is 2. The van der Waals surface area contributed by atoms with Gasteiger partial charge in [0.05, 0.1) is 17.6 Å². The number of hydrogen-bond acceptors (Lipinski definition) is 6. The minimum absolute atomic E-state index is 0.0120. The van der Waals surface area contributed by atoms with E-state index in [9.17, 15) is 18.0 Å². The van der Waals surface area contributed by atoms with E-state index >= 15 is 0 Å². The lowest BCUT2D eigenvalue weighted by molar-refractivity contribution is -0.129. The van der Waals surface area contributed by atoms with Crippen molar-refractivity contribution in [2.45, 2.75) is 11.8 Å². The maximum absolute atomic E-state index is 12.9. The molecule has 3 rings (SSSR count). The summed E-state index contributed by atoms with van der Waals surface area (Å²) < 4.78 is 37.5. The van der Waals surface area contributed by atoms with Crippen LogP contribution in [0.5, 0.6) is 11.5 Å². The van der Waals surface area contributed by atoms with Crippen LogP contribution in [0.4, 0.5) is 0 Å². The van der Waals surface area contributed by atoms with Crippen LogP contribution in [0, 0.1) is 0 Å². The molecule has 1 aliphatic rings. The highest BCUT2D eigenvalue weighted by Gasteiger charge is 2.29. The summed E-state index contributed by atoms with van der Waals surface area (Å²) in [7, 11) is -2.24. The Morgan fingerprint density at radius 3 is 2.14 bits per heavy atom. The molecule has 0 spiro atoms. The lowest BCUT2D eigenvalue weighted by Crippen LogP contribution is -2.49. The van der Waals surface area contributed by atoms with Gasteiger partial charge >= 0.3 is 5.97 Å². The van der Waals surface area contributed by atoms with E-state index < -0.39 is 16.0 Å². The number of esters is 1. The zero-order valence-electron chi connectivity index (χ0n) is 16.2. The summed E-state index contributed by atoms with van der Waals surface area (Å²) >= 11 is 0. The van der Waals surface area contributed by atoms with Crippen molar-refractivity contribution >= 4 is 21.9 Å². The van der Waals surface area contributed by atoms with Gasteiger partial charge in [-0.2, -0.15) is 4.31 Å². The summed E-state index contributed by atoms with van der Waals surface area (Å²) in [6.07, 6.45) is 0. The van der Waals surface area contributed by atoms with Crippen molar-refractivity contribution in [3.63, 3.8) is 0 Å². The number of piperazine rings is 1. The Kier molecular flexibility index (Phi) is 6.19. The van der Waals surface area contributed by atoms with Crippen molar-refractivity contribution in [3.8, 4) is 11.5 Å². The first-order valence-corrected chi connectivity index (χ1v) is 10.5. The van der Waals surface area contributed by atoms with Crippen LogP contribution in [0.15, 0.2) is 53.4 Å². The third-order valence-electron chi connectivity index (χ3n) is 4.66. The van der Waals surface area contributed by atoms with Gasteiger partial charge in [-0.1, -0.05) is 6.07 Å². The summed E-state index contributed by atoms with van der Waals surface area (Å²) in [6, 6.07) is 12.2. The molecule has 0 bridgehead atoms. The maximum atomic E-state index is 12.9. The van der Waals surface area contributed by atoms with Gasteiger partial charge in [0, 0.05) is 33.1 Å². The lowest BCUT2D eigenvalue weighted by Gasteiger charge is -2.33. The fourth-order valence-electron chi connectivity index (χ4n) is 2.99. The molecule has 154 valence electrons. The average Bonchev–Trinajstić information content (AvgIpc) is 2.74. The first kappa shape index (κ1) is 20.8. The predicted octanol–water partition coefficient (Wildman–Crippen LogP) is 1.77. The number of carbonyl (C=O) groups excluding carboxylic acids is 2. The minimum Gasteiger partial charge on any atom is -0.497 e. The van der Waals surface area contributed by atoms with E-state index in [1.165, 1.54) is 42.6 Å². The molecular weight excluding hydrogens is 396 g/mol. The van der Waals surface area contributed by atoms with E-state index in [0.29, 0.717) is 24.6 Å². The molecule has 1 amide bonds. The monoisotopic (exact) mass is 418 g/mol. The summed E-state index contributed by atoms with van der Waals surface area (Å²) in [5.41, 5.74) is 0.129. The summed E-state index contributed by atoms with van der Waals surface area (Å²) in [6.45, 7) is 2.56. The smallest absolute Gasteiger partial charge is 0.343 e. The molecule has 1 aliphatic heterocycles. The number of methoxy groups -OCH3 is 1. The Hall–Kier alpha value is -2.91. The molecule has 2 aromatic carbocycles. The molecule has 0 N–H and O–H groups in total. The second kappa shape index (κ2) is 8.62. The normalized spacial score (nSPS) is 15.0. The van der Waals surface area contributed by atoms with E-state index in [1.807, 2.05) is 0 Å². The molecule has 0 aliphatic carbocycles. The molecule has 0 atom stereocenters. The van der Waals surface area contributed by atoms with Gasteiger partial charge in [0.2, 0.25) is 15.9 Å². The van der Waals surface area contributed by atoms with Gasteiger partial charge in [-0.15, -0.1) is 0 Å². The van der Waals surface area contributed by atoms with Crippen molar-refractivity contribution in [1.82, 2.24) is 9.21 Å². The van der Waals surface area contributed by atoms with Crippen LogP contribution in [0.2, 0.25) is 0 Å². The topological polar surface area (TPSA) is 93.2 Å². The van der Waals surface area contributed by atoms with E-state index in [1.54, 1.807) is 29.2 Å². The molecule has 1 heterocycles. The molecular formula is C20H22N2O6S. The first-order chi connectivity index (χ1) is 13.8. The second-order valence-electron chi connectivity index (χ2n) is 6.50. The highest BCUT2D eigenvalue weighted by molar-refractivity contribution is 7.89. The summed E-state index contributed by atoms with van der Waals surface area (Å²) in [5, 5.41) is 0. The van der Waals surface area contributed by atoms with Crippen LogP contribution in [0.3, 0.4) is 0 Å². The van der Waals surface area contributed by atoms with Crippen molar-refractivity contribution in [1.29, 1.82) is 0 Å². The molecule has 0 saturated carbocycles. The Morgan fingerprint density at radius 1 is 0.931 bits per heavy atom. The quantitative estimate of drug-likeness (QED) is 0.543. The minimum atomic E-state index is -3.78. The first-order valence-electron chi connectivity index (χ1n) is 9.03. The number of rotatable bonds is 5. The zero-order chi connectivity index (χ0) is 21.0. The van der Waals surface area contributed by atoms with E-state index in [0.717, 1.165) is 0 Å². The van der Waals surface area contributed by atoms with Crippen LogP contribution >= 0.6 is 0 Å². The number of carbonyl (C=O) groups is 2. The number of amides is 1. The highest BCUT2D eigenvalue weighted by Crippen LogP contribution is 2.21. The van der Waals surface area contributed by atoms with Crippen LogP contribution in [-0.4, -0.2) is 62.8 Å². The van der Waals surface area contributed by atoms with Crippen LogP contribution in [0.25, 0.3) is 0 Å². The average molecular weight is 418 g/mol. The molecule has 9 heteroatoms. The standard InChI is InChI=1S/C20H22N2O6S/c1-15(23)21-10-12-22(13-11-21)29(25,26)19-5-3-4-16(14-19)20(24)28-18-8-6-17(27-2)7-9-18/h3-9,14H,10-13H2,1-2H3. The Morgan fingerprint density at radius 2 is 1.55 bits per heavy atom. The van der Waals surface area contributed by atoms with Crippen LogP contribution < -0.4 is 9.47 Å². The van der Waals surface area contributed by atoms with Crippen molar-refractivity contribution in [2.75, 3.05) is 33.3 Å². The predicted molar refractivity (Wildman–Crippen MR) is 105 cm³/mol. The highest BCUT2D eigenvalue weighted by atomic mass is 32.2. The summed E-state index contributed by atoms with van der Waals surface area (Å²) in [4.78, 5) is 25.5. The van der Waals surface area contributed by atoms with E-state index in [4.69, 9.17) is 9.47 Å². The SMILES string of the molecule is COc1ccc(OC(=O)c2cccc(S(=O)(=O)N3CCN(C(C)=O)CC3)c2)cc1. The number of nitrogens with zero attached hydrogens (tertiary/aromatic N) is 2. The molecule has 8 nitrogen and oxygen atoms in total. The molecule has 2 aromatic rings. The molecule has 0 radical (unpaired) electrons. The molecule has 0 unspecified atom stereocenters. The number of ether oxygens (including phenoxy) is 2. The summed E-state index contributed by atoms with van der Waals surface area (Å²) in [5.74, 6) is 0.214. The Labute approximate surface area is 169 Å². The van der Waals surface area contributed by atoms with Crippen LogP contribution in [-0.2, 0) is 14.8 Å². The van der Waals surface area contributed by atoms with Gasteiger partial charge < -0.3 is 14.4 Å². The molecule has 1 fully saturated rings. The Bertz CT molecular complexity index is 996. The maximum Gasteiger partial charge on any atom is 0.343 e.